The zero-order valence-electron chi connectivity index (χ0n) is 9.73. The van der Waals surface area contributed by atoms with E-state index in [1.54, 1.807) is 11.3 Å². The van der Waals surface area contributed by atoms with Crippen LogP contribution in [0.2, 0.25) is 0 Å². The van der Waals surface area contributed by atoms with Crippen molar-refractivity contribution in [3.8, 4) is 0 Å². The maximum atomic E-state index is 11.9. The lowest BCUT2D eigenvalue weighted by Crippen LogP contribution is -2.31. The molecular formula is C14H12BrNOS. The summed E-state index contributed by atoms with van der Waals surface area (Å²) in [6.45, 7) is 1.69. The maximum Gasteiger partial charge on any atom is 0.166 e. The van der Waals surface area contributed by atoms with Crippen LogP contribution in [-0.2, 0) is 6.54 Å². The van der Waals surface area contributed by atoms with Crippen molar-refractivity contribution in [3.63, 3.8) is 0 Å². The lowest BCUT2D eigenvalue weighted by molar-refractivity contribution is 0.0979. The minimum atomic E-state index is 0.259. The Bertz CT molecular complexity index is 593. The van der Waals surface area contributed by atoms with Crippen molar-refractivity contribution in [1.29, 1.82) is 0 Å². The molecule has 0 atom stereocenters. The molecule has 4 heteroatoms. The molecule has 92 valence electrons. The van der Waals surface area contributed by atoms with E-state index >= 15 is 0 Å². The van der Waals surface area contributed by atoms with Crippen molar-refractivity contribution in [2.45, 2.75) is 13.0 Å². The second kappa shape index (κ2) is 4.86. The average molecular weight is 322 g/mol. The Morgan fingerprint density at radius 3 is 2.83 bits per heavy atom. The van der Waals surface area contributed by atoms with Gasteiger partial charge in [0.1, 0.15) is 0 Å². The van der Waals surface area contributed by atoms with Crippen molar-refractivity contribution >= 4 is 38.7 Å². The molecule has 0 radical (unpaired) electrons. The molecule has 1 aromatic heterocycles. The zero-order chi connectivity index (χ0) is 12.5. The van der Waals surface area contributed by atoms with E-state index < -0.39 is 0 Å². The van der Waals surface area contributed by atoms with Crippen LogP contribution in [0, 0.1) is 0 Å². The summed E-state index contributed by atoms with van der Waals surface area (Å²) in [5.74, 6) is 0.259. The summed E-state index contributed by atoms with van der Waals surface area (Å²) in [4.78, 5) is 15.5. The molecule has 18 heavy (non-hydrogen) atoms. The lowest BCUT2D eigenvalue weighted by atomic mass is 10.0. The van der Waals surface area contributed by atoms with Gasteiger partial charge in [-0.25, -0.2) is 0 Å². The molecule has 0 amide bonds. The van der Waals surface area contributed by atoms with Crippen LogP contribution < -0.4 is 4.90 Å². The van der Waals surface area contributed by atoms with Crippen molar-refractivity contribution in [1.82, 2.24) is 0 Å². The van der Waals surface area contributed by atoms with Gasteiger partial charge in [-0.1, -0.05) is 12.1 Å². The van der Waals surface area contributed by atoms with Crippen LogP contribution in [0.4, 0.5) is 5.69 Å². The van der Waals surface area contributed by atoms with E-state index in [-0.39, 0.29) is 5.78 Å². The number of rotatable bonds is 2. The van der Waals surface area contributed by atoms with Gasteiger partial charge in [-0.2, -0.15) is 0 Å². The minimum absolute atomic E-state index is 0.259. The number of hydrogen-bond acceptors (Lipinski definition) is 3. The van der Waals surface area contributed by atoms with Gasteiger partial charge < -0.3 is 4.90 Å². The van der Waals surface area contributed by atoms with Gasteiger partial charge in [0.15, 0.2) is 5.78 Å². The number of benzene rings is 1. The Balaban J connectivity index is 1.90. The maximum absolute atomic E-state index is 11.9. The van der Waals surface area contributed by atoms with Crippen LogP contribution >= 0.6 is 27.3 Å². The molecule has 1 aromatic carbocycles. The third kappa shape index (κ3) is 2.22. The molecule has 0 bridgehead atoms. The Kier molecular flexibility index (Phi) is 3.22. The number of halogens is 1. The first-order valence-electron chi connectivity index (χ1n) is 5.85. The van der Waals surface area contributed by atoms with E-state index in [0.717, 1.165) is 28.1 Å². The molecule has 0 unspecified atom stereocenters. The quantitative estimate of drug-likeness (QED) is 0.829. The van der Waals surface area contributed by atoms with Gasteiger partial charge in [0.05, 0.1) is 10.3 Å². The topological polar surface area (TPSA) is 20.3 Å². The number of ketones is 1. The van der Waals surface area contributed by atoms with Crippen LogP contribution in [0.5, 0.6) is 0 Å². The second-order valence-electron chi connectivity index (χ2n) is 4.32. The molecule has 0 saturated heterocycles. The van der Waals surface area contributed by atoms with Gasteiger partial charge in [0.25, 0.3) is 0 Å². The predicted octanol–water partition coefficient (Wildman–Crippen LogP) is 4.10. The highest BCUT2D eigenvalue weighted by Crippen LogP contribution is 2.30. The number of Topliss-reactive ketones (excluding diaryl/α,β-unsaturated/α-hetero) is 1. The minimum Gasteiger partial charge on any atom is -0.365 e. The summed E-state index contributed by atoms with van der Waals surface area (Å²) in [5, 5.41) is 0. The van der Waals surface area contributed by atoms with E-state index in [1.165, 1.54) is 4.88 Å². The predicted molar refractivity (Wildman–Crippen MR) is 78.5 cm³/mol. The monoisotopic (exact) mass is 321 g/mol. The summed E-state index contributed by atoms with van der Waals surface area (Å²) in [7, 11) is 0. The number of hydrogen-bond donors (Lipinski definition) is 0. The van der Waals surface area contributed by atoms with Crippen molar-refractivity contribution < 1.29 is 4.79 Å². The Hall–Kier alpha value is -1.13. The molecule has 0 spiro atoms. The average Bonchev–Trinajstić information content (AvgIpc) is 2.79. The standard InChI is InChI=1S/C14H12BrNOS/c15-14-6-5-10(18-14)9-16-8-7-13(17)11-3-1-2-4-12(11)16/h1-6H,7-9H2. The molecule has 0 N–H and O–H groups in total. The van der Waals surface area contributed by atoms with E-state index in [0.29, 0.717) is 6.42 Å². The lowest BCUT2D eigenvalue weighted by Gasteiger charge is -2.30. The third-order valence-electron chi connectivity index (χ3n) is 3.13. The van der Waals surface area contributed by atoms with Gasteiger partial charge in [-0.3, -0.25) is 4.79 Å². The number of thiophene rings is 1. The summed E-state index contributed by atoms with van der Waals surface area (Å²) < 4.78 is 1.15. The molecular weight excluding hydrogens is 310 g/mol. The molecule has 1 aliphatic heterocycles. The van der Waals surface area contributed by atoms with Crippen LogP contribution in [0.25, 0.3) is 0 Å². The third-order valence-corrected chi connectivity index (χ3v) is 4.74. The van der Waals surface area contributed by atoms with Gasteiger partial charge in [-0.15, -0.1) is 11.3 Å². The first kappa shape index (κ1) is 11.9. The zero-order valence-corrected chi connectivity index (χ0v) is 12.1. The molecule has 2 aromatic rings. The van der Waals surface area contributed by atoms with E-state index in [1.807, 2.05) is 24.3 Å². The Morgan fingerprint density at radius 2 is 2.06 bits per heavy atom. The fourth-order valence-electron chi connectivity index (χ4n) is 2.27. The van der Waals surface area contributed by atoms with E-state index in [2.05, 4.69) is 33.0 Å². The summed E-state index contributed by atoms with van der Waals surface area (Å²) in [6, 6.07) is 12.1. The smallest absolute Gasteiger partial charge is 0.166 e. The highest BCUT2D eigenvalue weighted by Gasteiger charge is 2.22. The number of nitrogens with zero attached hydrogens (tertiary/aromatic N) is 1. The first-order chi connectivity index (χ1) is 8.74. The highest BCUT2D eigenvalue weighted by atomic mass is 79.9. The molecule has 0 aliphatic carbocycles. The second-order valence-corrected chi connectivity index (χ2v) is 6.87. The molecule has 3 rings (SSSR count). The van der Waals surface area contributed by atoms with Crippen LogP contribution in [-0.4, -0.2) is 12.3 Å². The summed E-state index contributed by atoms with van der Waals surface area (Å²) >= 11 is 5.23. The molecule has 2 heterocycles. The normalized spacial score (nSPS) is 14.7. The Morgan fingerprint density at radius 1 is 1.22 bits per heavy atom. The van der Waals surface area contributed by atoms with Crippen molar-refractivity contribution in [2.24, 2.45) is 0 Å². The van der Waals surface area contributed by atoms with Crippen molar-refractivity contribution in [2.75, 3.05) is 11.4 Å². The van der Waals surface area contributed by atoms with E-state index in [4.69, 9.17) is 0 Å². The number of carbonyl (C=O) groups is 1. The fraction of sp³-hybridized carbons (Fsp3) is 0.214. The number of anilines is 1. The molecule has 1 aliphatic rings. The summed E-state index contributed by atoms with van der Waals surface area (Å²) in [5.41, 5.74) is 1.93. The first-order valence-corrected chi connectivity index (χ1v) is 7.46. The number of para-hydroxylation sites is 1. The fourth-order valence-corrected chi connectivity index (χ4v) is 3.76. The van der Waals surface area contributed by atoms with E-state index in [9.17, 15) is 4.79 Å². The van der Waals surface area contributed by atoms with Gasteiger partial charge >= 0.3 is 0 Å². The molecule has 0 saturated carbocycles. The summed E-state index contributed by atoms with van der Waals surface area (Å²) in [6.07, 6.45) is 0.615. The SMILES string of the molecule is O=C1CCN(Cc2ccc(Br)s2)c2ccccc21. The Labute approximate surface area is 118 Å². The van der Waals surface area contributed by atoms with Gasteiger partial charge in [-0.05, 0) is 40.2 Å². The van der Waals surface area contributed by atoms with Gasteiger partial charge in [0, 0.05) is 29.1 Å². The van der Waals surface area contributed by atoms with Crippen molar-refractivity contribution in [3.05, 3.63) is 50.6 Å². The highest BCUT2D eigenvalue weighted by molar-refractivity contribution is 9.11. The largest absolute Gasteiger partial charge is 0.365 e. The van der Waals surface area contributed by atoms with Crippen LogP contribution in [0.3, 0.4) is 0 Å². The number of fused-ring (bicyclic) bond motifs is 1. The molecule has 0 fully saturated rings. The molecule has 2 nitrogen and oxygen atoms in total. The van der Waals surface area contributed by atoms with Crippen LogP contribution in [0.15, 0.2) is 40.2 Å². The van der Waals surface area contributed by atoms with Crippen LogP contribution in [0.1, 0.15) is 21.7 Å². The van der Waals surface area contributed by atoms with Gasteiger partial charge in [0.2, 0.25) is 0 Å². The number of carbonyl (C=O) groups excluding carboxylic acids is 1.